The van der Waals surface area contributed by atoms with Crippen molar-refractivity contribution in [2.45, 2.75) is 38.5 Å². The van der Waals surface area contributed by atoms with Crippen molar-refractivity contribution in [1.29, 1.82) is 0 Å². The van der Waals surface area contributed by atoms with Gasteiger partial charge in [-0.05, 0) is 32.4 Å². The van der Waals surface area contributed by atoms with Crippen molar-refractivity contribution in [1.82, 2.24) is 5.32 Å². The number of hydrogen-bond donors (Lipinski definition) is 1. The van der Waals surface area contributed by atoms with Crippen LogP contribution in [-0.4, -0.2) is 19.0 Å². The summed E-state index contributed by atoms with van der Waals surface area (Å²) in [6, 6.07) is 0. The molecule has 0 amide bonds. The largest absolute Gasteiger partial charge is 0.317 e. The van der Waals surface area contributed by atoms with E-state index in [0.717, 1.165) is 19.5 Å². The van der Waals surface area contributed by atoms with Gasteiger partial charge in [-0.1, -0.05) is 6.92 Å². The Hall–Kier alpha value is -0.180. The first-order chi connectivity index (χ1) is 5.67. The predicted molar refractivity (Wildman–Crippen MR) is 45.4 cm³/mol. The summed E-state index contributed by atoms with van der Waals surface area (Å²) in [5.74, 6) is -2.83. The minimum absolute atomic E-state index is 0.0162. The van der Waals surface area contributed by atoms with Gasteiger partial charge < -0.3 is 5.32 Å². The quantitative estimate of drug-likeness (QED) is 0.683. The number of alkyl halides is 2. The molecule has 1 N–H and O–H groups in total. The lowest BCUT2D eigenvalue weighted by Gasteiger charge is -2.24. The molecule has 1 rings (SSSR count). The summed E-state index contributed by atoms with van der Waals surface area (Å²) in [4.78, 5) is 0. The van der Waals surface area contributed by atoms with Crippen molar-refractivity contribution in [3.63, 3.8) is 0 Å². The molecule has 1 aliphatic rings. The third kappa shape index (κ3) is 2.41. The molecule has 1 unspecified atom stereocenters. The Labute approximate surface area is 72.5 Å². The van der Waals surface area contributed by atoms with Crippen molar-refractivity contribution in [2.24, 2.45) is 5.92 Å². The molecule has 0 radical (unpaired) electrons. The molecule has 0 aromatic heterocycles. The molecule has 0 aromatic rings. The van der Waals surface area contributed by atoms with Gasteiger partial charge in [-0.25, -0.2) is 8.78 Å². The number of halogens is 2. The monoisotopic (exact) mass is 177 g/mol. The Morgan fingerprint density at radius 2 is 2.08 bits per heavy atom. The second-order valence-electron chi connectivity index (χ2n) is 3.49. The van der Waals surface area contributed by atoms with E-state index in [2.05, 4.69) is 5.32 Å². The zero-order valence-electron chi connectivity index (χ0n) is 7.58. The van der Waals surface area contributed by atoms with Gasteiger partial charge in [0.15, 0.2) is 0 Å². The minimum atomic E-state index is -2.44. The fourth-order valence-corrected chi connectivity index (χ4v) is 1.73. The molecule has 0 spiro atoms. The molecule has 3 heteroatoms. The van der Waals surface area contributed by atoms with Crippen LogP contribution in [0.25, 0.3) is 0 Å². The van der Waals surface area contributed by atoms with Gasteiger partial charge in [0.1, 0.15) is 0 Å². The van der Waals surface area contributed by atoms with Crippen molar-refractivity contribution in [2.75, 3.05) is 13.1 Å². The van der Waals surface area contributed by atoms with E-state index >= 15 is 0 Å². The topological polar surface area (TPSA) is 12.0 Å². The maximum Gasteiger partial charge on any atom is 0.250 e. The molecule has 1 aliphatic heterocycles. The summed E-state index contributed by atoms with van der Waals surface area (Å²) in [7, 11) is 0. The normalized spacial score (nSPS) is 26.8. The highest BCUT2D eigenvalue weighted by atomic mass is 19.3. The van der Waals surface area contributed by atoms with Gasteiger partial charge in [0.2, 0.25) is 0 Å². The Balaban J connectivity index is 2.47. The molecule has 0 aromatic carbocycles. The van der Waals surface area contributed by atoms with Crippen LogP contribution in [0.4, 0.5) is 8.78 Å². The van der Waals surface area contributed by atoms with Crippen LogP contribution in [0, 0.1) is 5.92 Å². The Morgan fingerprint density at radius 1 is 1.33 bits per heavy atom. The van der Waals surface area contributed by atoms with Gasteiger partial charge in [-0.3, -0.25) is 0 Å². The van der Waals surface area contributed by atoms with Crippen molar-refractivity contribution in [3.8, 4) is 0 Å². The highest BCUT2D eigenvalue weighted by Crippen LogP contribution is 2.34. The highest BCUT2D eigenvalue weighted by Gasteiger charge is 2.36. The fourth-order valence-electron chi connectivity index (χ4n) is 1.73. The first-order valence-electron chi connectivity index (χ1n) is 4.75. The minimum Gasteiger partial charge on any atom is -0.317 e. The van der Waals surface area contributed by atoms with E-state index in [1.165, 1.54) is 0 Å². The molecule has 72 valence electrons. The highest BCUT2D eigenvalue weighted by molar-refractivity contribution is 4.78. The lowest BCUT2D eigenvalue weighted by atomic mass is 9.92. The van der Waals surface area contributed by atoms with Crippen LogP contribution in [0.15, 0.2) is 0 Å². The molecule has 1 nitrogen and oxygen atoms in total. The first kappa shape index (κ1) is 9.90. The molecule has 1 heterocycles. The number of hydrogen-bond acceptors (Lipinski definition) is 1. The van der Waals surface area contributed by atoms with E-state index in [9.17, 15) is 8.78 Å². The first-order valence-corrected chi connectivity index (χ1v) is 4.75. The molecule has 12 heavy (non-hydrogen) atoms. The van der Waals surface area contributed by atoms with Crippen LogP contribution in [0.2, 0.25) is 0 Å². The summed E-state index contributed by atoms with van der Waals surface area (Å²) in [6.07, 6.45) is 2.17. The molecule has 1 fully saturated rings. The van der Waals surface area contributed by atoms with Crippen LogP contribution < -0.4 is 5.32 Å². The molecule has 0 saturated carbocycles. The van der Waals surface area contributed by atoms with Crippen molar-refractivity contribution >= 4 is 0 Å². The van der Waals surface area contributed by atoms with Crippen molar-refractivity contribution < 1.29 is 8.78 Å². The van der Waals surface area contributed by atoms with Gasteiger partial charge in [0.05, 0.1) is 0 Å². The second kappa shape index (κ2) is 4.17. The Bertz CT molecular complexity index is 128. The van der Waals surface area contributed by atoms with E-state index < -0.39 is 11.8 Å². The van der Waals surface area contributed by atoms with Crippen LogP contribution in [-0.2, 0) is 0 Å². The van der Waals surface area contributed by atoms with E-state index in [1.807, 2.05) is 0 Å². The average molecular weight is 177 g/mol. The van der Waals surface area contributed by atoms with E-state index in [-0.39, 0.29) is 6.42 Å². The summed E-state index contributed by atoms with van der Waals surface area (Å²) < 4.78 is 26.4. The van der Waals surface area contributed by atoms with Crippen LogP contribution in [0.3, 0.4) is 0 Å². The molecular formula is C9H17F2N. The van der Waals surface area contributed by atoms with Gasteiger partial charge in [-0.2, -0.15) is 0 Å². The summed E-state index contributed by atoms with van der Waals surface area (Å²) >= 11 is 0. The smallest absolute Gasteiger partial charge is 0.250 e. The zero-order chi connectivity index (χ0) is 9.03. The summed E-state index contributed by atoms with van der Waals surface area (Å²) in [5.41, 5.74) is 0. The number of nitrogens with one attached hydrogen (secondary N) is 1. The van der Waals surface area contributed by atoms with Crippen LogP contribution in [0.1, 0.15) is 32.6 Å². The third-order valence-electron chi connectivity index (χ3n) is 2.64. The average Bonchev–Trinajstić information content (AvgIpc) is 2.32. The predicted octanol–water partition coefficient (Wildman–Crippen LogP) is 2.42. The van der Waals surface area contributed by atoms with E-state index in [0.29, 0.717) is 12.8 Å². The standard InChI is InChI=1S/C9H17F2N/c1-2-9(10,11)8-4-3-6-12-7-5-8/h8,12H,2-7H2,1H3. The number of rotatable bonds is 2. The SMILES string of the molecule is CCC(F)(F)C1CCCNCC1. The van der Waals surface area contributed by atoms with Crippen LogP contribution >= 0.6 is 0 Å². The Morgan fingerprint density at radius 3 is 2.75 bits per heavy atom. The second-order valence-corrected chi connectivity index (χ2v) is 3.49. The van der Waals surface area contributed by atoms with Gasteiger partial charge in [-0.15, -0.1) is 0 Å². The molecule has 1 saturated heterocycles. The van der Waals surface area contributed by atoms with Gasteiger partial charge >= 0.3 is 0 Å². The van der Waals surface area contributed by atoms with E-state index in [1.54, 1.807) is 6.92 Å². The molecule has 0 aliphatic carbocycles. The maximum atomic E-state index is 13.2. The lowest BCUT2D eigenvalue weighted by molar-refractivity contribution is -0.0652. The third-order valence-corrected chi connectivity index (χ3v) is 2.64. The fraction of sp³-hybridized carbons (Fsp3) is 1.00. The molecule has 0 bridgehead atoms. The van der Waals surface area contributed by atoms with Gasteiger partial charge in [0, 0.05) is 12.3 Å². The van der Waals surface area contributed by atoms with Crippen molar-refractivity contribution in [3.05, 3.63) is 0 Å². The Kier molecular flexibility index (Phi) is 3.44. The lowest BCUT2D eigenvalue weighted by Crippen LogP contribution is -2.28. The van der Waals surface area contributed by atoms with E-state index in [4.69, 9.17) is 0 Å². The molecular weight excluding hydrogens is 160 g/mol. The van der Waals surface area contributed by atoms with Crippen LogP contribution in [0.5, 0.6) is 0 Å². The zero-order valence-corrected chi connectivity index (χ0v) is 7.58. The molecule has 1 atom stereocenters. The summed E-state index contributed by atoms with van der Waals surface area (Å²) in [6.45, 7) is 3.22. The summed E-state index contributed by atoms with van der Waals surface area (Å²) in [5, 5.41) is 3.14. The maximum absolute atomic E-state index is 13.2. The van der Waals surface area contributed by atoms with Gasteiger partial charge in [0.25, 0.3) is 5.92 Å².